The zero-order chi connectivity index (χ0) is 10.8. The van der Waals surface area contributed by atoms with Crippen molar-refractivity contribution in [3.05, 3.63) is 35.9 Å². The fourth-order valence-corrected chi connectivity index (χ4v) is 1.68. The van der Waals surface area contributed by atoms with Crippen LogP contribution in [0.2, 0.25) is 0 Å². The monoisotopic (exact) mass is 201 g/mol. The highest BCUT2D eigenvalue weighted by Gasteiger charge is 2.10. The number of aromatic nitrogens is 3. The van der Waals surface area contributed by atoms with Crippen LogP contribution in [0.25, 0.3) is 11.4 Å². The molecule has 2 aromatic heterocycles. The molecule has 1 N–H and O–H groups in total. The van der Waals surface area contributed by atoms with Crippen LogP contribution in [0.5, 0.6) is 0 Å². The van der Waals surface area contributed by atoms with Gasteiger partial charge in [0.15, 0.2) is 0 Å². The average Bonchev–Trinajstić information content (AvgIpc) is 2.62. The lowest BCUT2D eigenvalue weighted by Gasteiger charge is -2.00. The summed E-state index contributed by atoms with van der Waals surface area (Å²) in [5.41, 5.74) is 3.37. The zero-order valence-electron chi connectivity index (χ0n) is 9.28. The summed E-state index contributed by atoms with van der Waals surface area (Å²) < 4.78 is 0. The normalized spacial score (nSPS) is 10.9. The molecule has 0 atom stereocenters. The molecule has 0 saturated carbocycles. The Morgan fingerprint density at radius 1 is 1.20 bits per heavy atom. The highest BCUT2D eigenvalue weighted by Crippen LogP contribution is 2.21. The molecule has 0 radical (unpaired) electrons. The van der Waals surface area contributed by atoms with Crippen molar-refractivity contribution >= 4 is 0 Å². The number of pyridine rings is 1. The number of aryl methyl sites for hydroxylation is 1. The Morgan fingerprint density at radius 2 is 1.87 bits per heavy atom. The third-order valence-electron chi connectivity index (χ3n) is 2.45. The van der Waals surface area contributed by atoms with Gasteiger partial charge in [0, 0.05) is 23.7 Å². The van der Waals surface area contributed by atoms with Gasteiger partial charge < -0.3 is 4.98 Å². The molecule has 0 aromatic carbocycles. The summed E-state index contributed by atoms with van der Waals surface area (Å²) in [7, 11) is 0. The summed E-state index contributed by atoms with van der Waals surface area (Å²) in [6, 6.07) is 3.92. The first-order valence-electron chi connectivity index (χ1n) is 5.15. The van der Waals surface area contributed by atoms with E-state index in [-0.39, 0.29) is 0 Å². The number of aromatic amines is 1. The number of nitrogens with zero attached hydrogens (tertiary/aromatic N) is 2. The maximum absolute atomic E-state index is 4.52. The summed E-state index contributed by atoms with van der Waals surface area (Å²) in [5, 5.41) is 0. The standard InChI is InChI=1S/C12H15N3/c1-8(2)11-9(3)14-12(15-11)10-4-6-13-7-5-10/h4-8H,1-3H3,(H,14,15). The van der Waals surface area contributed by atoms with Gasteiger partial charge in [-0.25, -0.2) is 4.98 Å². The molecule has 2 rings (SSSR count). The molecular weight excluding hydrogens is 186 g/mol. The van der Waals surface area contributed by atoms with E-state index < -0.39 is 0 Å². The number of nitrogens with one attached hydrogen (secondary N) is 1. The topological polar surface area (TPSA) is 41.6 Å². The van der Waals surface area contributed by atoms with Crippen LogP contribution in [0.15, 0.2) is 24.5 Å². The van der Waals surface area contributed by atoms with Crippen LogP contribution >= 0.6 is 0 Å². The minimum atomic E-state index is 0.480. The van der Waals surface area contributed by atoms with Crippen LogP contribution < -0.4 is 0 Å². The van der Waals surface area contributed by atoms with Gasteiger partial charge in [0.2, 0.25) is 0 Å². The predicted molar refractivity (Wildman–Crippen MR) is 60.6 cm³/mol. The Balaban J connectivity index is 2.43. The summed E-state index contributed by atoms with van der Waals surface area (Å²) >= 11 is 0. The van der Waals surface area contributed by atoms with E-state index in [0.717, 1.165) is 17.1 Å². The Hall–Kier alpha value is -1.64. The van der Waals surface area contributed by atoms with Gasteiger partial charge in [0.05, 0.1) is 5.69 Å². The van der Waals surface area contributed by atoms with Gasteiger partial charge in [-0.1, -0.05) is 13.8 Å². The molecule has 0 aliphatic rings. The van der Waals surface area contributed by atoms with Gasteiger partial charge in [0.1, 0.15) is 5.82 Å². The van der Waals surface area contributed by atoms with Crippen molar-refractivity contribution in [2.24, 2.45) is 0 Å². The molecule has 3 nitrogen and oxygen atoms in total. The third-order valence-corrected chi connectivity index (χ3v) is 2.45. The van der Waals surface area contributed by atoms with Crippen molar-refractivity contribution in [2.75, 3.05) is 0 Å². The first kappa shape index (κ1) is 9.90. The second-order valence-electron chi connectivity index (χ2n) is 3.98. The molecule has 0 bridgehead atoms. The van der Waals surface area contributed by atoms with Crippen LogP contribution in [-0.2, 0) is 0 Å². The molecule has 0 spiro atoms. The van der Waals surface area contributed by atoms with Gasteiger partial charge in [-0.05, 0) is 25.0 Å². The first-order valence-corrected chi connectivity index (χ1v) is 5.15. The van der Waals surface area contributed by atoms with E-state index in [9.17, 15) is 0 Å². The molecule has 0 fully saturated rings. The third kappa shape index (κ3) is 1.91. The number of rotatable bonds is 2. The molecule has 2 aromatic rings. The van der Waals surface area contributed by atoms with Gasteiger partial charge in [-0.2, -0.15) is 0 Å². The highest BCUT2D eigenvalue weighted by molar-refractivity contribution is 5.54. The Morgan fingerprint density at radius 3 is 2.40 bits per heavy atom. The Labute approximate surface area is 89.6 Å². The largest absolute Gasteiger partial charge is 0.341 e. The van der Waals surface area contributed by atoms with E-state index in [0.29, 0.717) is 5.92 Å². The minimum absolute atomic E-state index is 0.480. The summed E-state index contributed by atoms with van der Waals surface area (Å²) in [4.78, 5) is 11.9. The molecule has 15 heavy (non-hydrogen) atoms. The molecule has 3 heteroatoms. The van der Waals surface area contributed by atoms with E-state index >= 15 is 0 Å². The molecule has 0 amide bonds. The van der Waals surface area contributed by atoms with Crippen molar-refractivity contribution in [3.63, 3.8) is 0 Å². The van der Waals surface area contributed by atoms with Crippen LogP contribution in [0, 0.1) is 6.92 Å². The van der Waals surface area contributed by atoms with Crippen LogP contribution in [0.3, 0.4) is 0 Å². The molecule has 0 aliphatic carbocycles. The van der Waals surface area contributed by atoms with Crippen molar-refractivity contribution in [1.82, 2.24) is 15.0 Å². The second-order valence-corrected chi connectivity index (χ2v) is 3.98. The van der Waals surface area contributed by atoms with Crippen molar-refractivity contribution in [3.8, 4) is 11.4 Å². The maximum atomic E-state index is 4.52. The van der Waals surface area contributed by atoms with Gasteiger partial charge in [-0.3, -0.25) is 4.98 Å². The smallest absolute Gasteiger partial charge is 0.137 e. The fourth-order valence-electron chi connectivity index (χ4n) is 1.68. The van der Waals surface area contributed by atoms with Crippen molar-refractivity contribution in [1.29, 1.82) is 0 Å². The van der Waals surface area contributed by atoms with Crippen LogP contribution in [0.1, 0.15) is 31.2 Å². The van der Waals surface area contributed by atoms with E-state index in [1.807, 2.05) is 19.1 Å². The Bertz CT molecular complexity index is 443. The average molecular weight is 201 g/mol. The molecule has 2 heterocycles. The number of hydrogen-bond donors (Lipinski definition) is 1. The minimum Gasteiger partial charge on any atom is -0.341 e. The molecule has 0 aliphatic heterocycles. The van der Waals surface area contributed by atoms with E-state index in [4.69, 9.17) is 0 Å². The lowest BCUT2D eigenvalue weighted by atomic mass is 10.1. The number of imidazole rings is 1. The van der Waals surface area contributed by atoms with Gasteiger partial charge in [-0.15, -0.1) is 0 Å². The van der Waals surface area contributed by atoms with Crippen molar-refractivity contribution in [2.45, 2.75) is 26.7 Å². The van der Waals surface area contributed by atoms with E-state index in [1.165, 1.54) is 5.69 Å². The summed E-state index contributed by atoms with van der Waals surface area (Å²) in [6.07, 6.45) is 3.56. The highest BCUT2D eigenvalue weighted by atomic mass is 14.9. The quantitative estimate of drug-likeness (QED) is 0.811. The molecule has 0 saturated heterocycles. The second kappa shape index (κ2) is 3.85. The molecule has 78 valence electrons. The number of H-pyrrole nitrogens is 1. The number of hydrogen-bond acceptors (Lipinski definition) is 2. The van der Waals surface area contributed by atoms with E-state index in [1.54, 1.807) is 12.4 Å². The zero-order valence-corrected chi connectivity index (χ0v) is 9.28. The van der Waals surface area contributed by atoms with Gasteiger partial charge in [0.25, 0.3) is 0 Å². The summed E-state index contributed by atoms with van der Waals surface area (Å²) in [5.74, 6) is 1.41. The summed E-state index contributed by atoms with van der Waals surface area (Å²) in [6.45, 7) is 6.37. The first-order chi connectivity index (χ1) is 7.18. The maximum Gasteiger partial charge on any atom is 0.137 e. The lowest BCUT2D eigenvalue weighted by molar-refractivity contribution is 0.823. The van der Waals surface area contributed by atoms with Crippen LogP contribution in [0.4, 0.5) is 0 Å². The Kier molecular flexibility index (Phi) is 2.54. The fraction of sp³-hybridized carbons (Fsp3) is 0.333. The molecule has 0 unspecified atom stereocenters. The lowest BCUT2D eigenvalue weighted by Crippen LogP contribution is -1.89. The van der Waals surface area contributed by atoms with Crippen molar-refractivity contribution < 1.29 is 0 Å². The van der Waals surface area contributed by atoms with Gasteiger partial charge >= 0.3 is 0 Å². The predicted octanol–water partition coefficient (Wildman–Crippen LogP) is 2.90. The van der Waals surface area contributed by atoms with E-state index in [2.05, 4.69) is 28.8 Å². The SMILES string of the molecule is Cc1nc(-c2ccncc2)[nH]c1C(C)C. The molecular formula is C12H15N3. The van der Waals surface area contributed by atoms with Crippen LogP contribution in [-0.4, -0.2) is 15.0 Å².